The lowest BCUT2D eigenvalue weighted by Crippen LogP contribution is -2.49. The van der Waals surface area contributed by atoms with E-state index in [1.807, 2.05) is 48.2 Å². The molecule has 1 saturated heterocycles. The van der Waals surface area contributed by atoms with Crippen LogP contribution in [0.25, 0.3) is 11.1 Å². The van der Waals surface area contributed by atoms with Crippen LogP contribution in [0.3, 0.4) is 0 Å². The molecule has 30 heavy (non-hydrogen) atoms. The Hall–Kier alpha value is -3.19. The molecule has 1 atom stereocenters. The second-order valence-corrected chi connectivity index (χ2v) is 7.67. The molecule has 0 amide bonds. The third-order valence-corrected chi connectivity index (χ3v) is 5.58. The predicted molar refractivity (Wildman–Crippen MR) is 116 cm³/mol. The first-order chi connectivity index (χ1) is 14.5. The lowest BCUT2D eigenvalue weighted by atomic mass is 9.95. The van der Waals surface area contributed by atoms with Gasteiger partial charge in [0.25, 0.3) is 0 Å². The summed E-state index contributed by atoms with van der Waals surface area (Å²) in [6.07, 6.45) is 0. The van der Waals surface area contributed by atoms with E-state index in [4.69, 9.17) is 10.3 Å². The molecule has 0 saturated carbocycles. The summed E-state index contributed by atoms with van der Waals surface area (Å²) in [7, 11) is 2.09. The molecule has 1 fully saturated rings. The molecule has 6 nitrogen and oxygen atoms in total. The van der Waals surface area contributed by atoms with Gasteiger partial charge in [-0.2, -0.15) is 4.99 Å². The summed E-state index contributed by atoms with van der Waals surface area (Å²) in [5.41, 5.74) is 8.38. The predicted octanol–water partition coefficient (Wildman–Crippen LogP) is 3.83. The number of guanidine groups is 1. The maximum atomic E-state index is 14.7. The SMILES string of the molecule is CC(c1ccc(-c2ccccc2)c(F)c1)c1cc(N=C(N)N2CCN(C)CC2)no1. The number of nitrogens with two attached hydrogens (primary N) is 1. The normalized spacial score (nSPS) is 16.6. The molecule has 0 radical (unpaired) electrons. The van der Waals surface area contributed by atoms with Crippen LogP contribution in [0.15, 0.2) is 64.1 Å². The van der Waals surface area contributed by atoms with E-state index in [0.717, 1.165) is 37.3 Å². The van der Waals surface area contributed by atoms with Crippen molar-refractivity contribution >= 4 is 11.8 Å². The van der Waals surface area contributed by atoms with E-state index in [9.17, 15) is 4.39 Å². The monoisotopic (exact) mass is 407 g/mol. The van der Waals surface area contributed by atoms with Crippen LogP contribution < -0.4 is 5.73 Å². The Morgan fingerprint density at radius 1 is 1.10 bits per heavy atom. The average Bonchev–Trinajstić information content (AvgIpc) is 3.22. The topological polar surface area (TPSA) is 70.9 Å². The summed E-state index contributed by atoms with van der Waals surface area (Å²) >= 11 is 0. The van der Waals surface area contributed by atoms with Crippen LogP contribution in [0, 0.1) is 5.82 Å². The van der Waals surface area contributed by atoms with Gasteiger partial charge in [0.2, 0.25) is 0 Å². The van der Waals surface area contributed by atoms with Crippen molar-refractivity contribution in [3.05, 3.63) is 71.7 Å². The molecule has 3 aromatic rings. The highest BCUT2D eigenvalue weighted by atomic mass is 19.1. The van der Waals surface area contributed by atoms with Crippen LogP contribution in [0.2, 0.25) is 0 Å². The molecule has 1 aromatic heterocycles. The molecule has 0 bridgehead atoms. The Morgan fingerprint density at radius 2 is 1.83 bits per heavy atom. The van der Waals surface area contributed by atoms with Crippen molar-refractivity contribution in [2.75, 3.05) is 33.2 Å². The highest BCUT2D eigenvalue weighted by Gasteiger charge is 2.19. The first-order valence-corrected chi connectivity index (χ1v) is 10.1. The van der Waals surface area contributed by atoms with E-state index in [1.54, 1.807) is 18.2 Å². The minimum absolute atomic E-state index is 0.161. The lowest BCUT2D eigenvalue weighted by molar-refractivity contribution is 0.214. The summed E-state index contributed by atoms with van der Waals surface area (Å²) in [4.78, 5) is 8.69. The Morgan fingerprint density at radius 3 is 2.53 bits per heavy atom. The molecule has 7 heteroatoms. The number of piperazine rings is 1. The molecular weight excluding hydrogens is 381 g/mol. The molecule has 1 aliphatic heterocycles. The van der Waals surface area contributed by atoms with E-state index in [-0.39, 0.29) is 11.7 Å². The Balaban J connectivity index is 1.49. The molecular formula is C23H26FN5O. The van der Waals surface area contributed by atoms with Crippen LogP contribution >= 0.6 is 0 Å². The van der Waals surface area contributed by atoms with Gasteiger partial charge in [0.15, 0.2) is 11.8 Å². The van der Waals surface area contributed by atoms with E-state index < -0.39 is 0 Å². The summed E-state index contributed by atoms with van der Waals surface area (Å²) in [6.45, 7) is 5.51. The van der Waals surface area contributed by atoms with Crippen molar-refractivity contribution in [2.24, 2.45) is 10.7 Å². The van der Waals surface area contributed by atoms with Gasteiger partial charge in [-0.1, -0.05) is 54.5 Å². The minimum Gasteiger partial charge on any atom is -0.369 e. The zero-order valence-corrected chi connectivity index (χ0v) is 17.3. The van der Waals surface area contributed by atoms with Crippen LogP contribution in [0.5, 0.6) is 0 Å². The standard InChI is InChI=1S/C23H26FN5O/c1-16(18-8-9-19(20(24)14-18)17-6-4-3-5-7-17)21-15-22(27-30-21)26-23(25)29-12-10-28(2)11-13-29/h3-9,14-16H,10-13H2,1-2H3,(H2,25,26,27). The number of aromatic nitrogens is 1. The molecule has 2 N–H and O–H groups in total. The van der Waals surface area contributed by atoms with Crippen molar-refractivity contribution in [3.8, 4) is 11.1 Å². The largest absolute Gasteiger partial charge is 0.369 e. The third-order valence-electron chi connectivity index (χ3n) is 5.58. The summed E-state index contributed by atoms with van der Waals surface area (Å²) in [6, 6.07) is 16.5. The molecule has 4 rings (SSSR count). The lowest BCUT2D eigenvalue weighted by Gasteiger charge is -2.32. The van der Waals surface area contributed by atoms with Crippen molar-refractivity contribution in [3.63, 3.8) is 0 Å². The van der Waals surface area contributed by atoms with E-state index in [1.165, 1.54) is 0 Å². The zero-order valence-electron chi connectivity index (χ0n) is 17.3. The van der Waals surface area contributed by atoms with Gasteiger partial charge >= 0.3 is 0 Å². The summed E-state index contributed by atoms with van der Waals surface area (Å²) < 4.78 is 20.2. The smallest absolute Gasteiger partial charge is 0.198 e. The molecule has 2 aromatic carbocycles. The Labute approximate surface area is 175 Å². The summed E-state index contributed by atoms with van der Waals surface area (Å²) in [5, 5.41) is 4.03. The fourth-order valence-electron chi connectivity index (χ4n) is 3.58. The fraction of sp³-hybridized carbons (Fsp3) is 0.304. The number of rotatable bonds is 4. The van der Waals surface area contributed by atoms with Gasteiger partial charge in [-0.05, 0) is 24.2 Å². The summed E-state index contributed by atoms with van der Waals surface area (Å²) in [5.74, 6) is 1.06. The number of hydrogen-bond acceptors (Lipinski definition) is 4. The zero-order chi connectivity index (χ0) is 21.1. The van der Waals surface area contributed by atoms with Crippen LogP contribution in [0.4, 0.5) is 10.2 Å². The first kappa shape index (κ1) is 20.1. The van der Waals surface area contributed by atoms with Crippen molar-refractivity contribution in [1.29, 1.82) is 0 Å². The second kappa shape index (κ2) is 8.67. The third kappa shape index (κ3) is 4.36. The van der Waals surface area contributed by atoms with Crippen LogP contribution in [-0.4, -0.2) is 54.1 Å². The average molecular weight is 407 g/mol. The molecule has 156 valence electrons. The molecule has 2 heterocycles. The minimum atomic E-state index is -0.261. The van der Waals surface area contributed by atoms with Crippen LogP contribution in [-0.2, 0) is 0 Å². The number of halogens is 1. The fourth-order valence-corrected chi connectivity index (χ4v) is 3.58. The van der Waals surface area contributed by atoms with E-state index >= 15 is 0 Å². The maximum Gasteiger partial charge on any atom is 0.198 e. The number of benzene rings is 2. The van der Waals surface area contributed by atoms with Crippen molar-refractivity contribution < 1.29 is 8.91 Å². The number of hydrogen-bond donors (Lipinski definition) is 1. The molecule has 0 spiro atoms. The van der Waals surface area contributed by atoms with Gasteiger partial charge in [-0.3, -0.25) is 0 Å². The maximum absolute atomic E-state index is 14.7. The highest BCUT2D eigenvalue weighted by Crippen LogP contribution is 2.30. The van der Waals surface area contributed by atoms with E-state index in [2.05, 4.69) is 22.1 Å². The van der Waals surface area contributed by atoms with Crippen LogP contribution in [0.1, 0.15) is 24.2 Å². The first-order valence-electron chi connectivity index (χ1n) is 10.1. The number of likely N-dealkylation sites (N-methyl/N-ethyl adjacent to an activating group) is 1. The second-order valence-electron chi connectivity index (χ2n) is 7.67. The molecule has 1 aliphatic rings. The van der Waals surface area contributed by atoms with Gasteiger partial charge < -0.3 is 20.1 Å². The molecule has 0 aliphatic carbocycles. The quantitative estimate of drug-likeness (QED) is 0.526. The van der Waals surface area contributed by atoms with Gasteiger partial charge in [-0.25, -0.2) is 4.39 Å². The van der Waals surface area contributed by atoms with Crippen molar-refractivity contribution in [1.82, 2.24) is 15.0 Å². The van der Waals surface area contributed by atoms with Gasteiger partial charge in [-0.15, -0.1) is 0 Å². The Kier molecular flexibility index (Phi) is 5.81. The highest BCUT2D eigenvalue weighted by molar-refractivity contribution is 5.80. The van der Waals surface area contributed by atoms with Crippen molar-refractivity contribution in [2.45, 2.75) is 12.8 Å². The number of nitrogens with zero attached hydrogens (tertiary/aromatic N) is 4. The van der Waals surface area contributed by atoms with Gasteiger partial charge in [0.1, 0.15) is 11.6 Å². The van der Waals surface area contributed by atoms with E-state index in [0.29, 0.717) is 23.1 Å². The Bertz CT molecular complexity index is 1030. The number of aliphatic imine (C=N–C) groups is 1. The van der Waals surface area contributed by atoms with Gasteiger partial charge in [0, 0.05) is 43.7 Å². The van der Waals surface area contributed by atoms with Gasteiger partial charge in [0.05, 0.1) is 0 Å². The molecule has 1 unspecified atom stereocenters.